The number of aliphatic hydroxyl groups is 1. The lowest BCUT2D eigenvalue weighted by Crippen LogP contribution is -2.44. The largest absolute Gasteiger partial charge is 0.392 e. The van der Waals surface area contributed by atoms with E-state index < -0.39 is 6.29 Å². The maximum absolute atomic E-state index is 11.5. The zero-order valence-electron chi connectivity index (χ0n) is 25.4. The van der Waals surface area contributed by atoms with Crippen molar-refractivity contribution in [2.75, 3.05) is 13.6 Å². The predicted molar refractivity (Wildman–Crippen MR) is 170 cm³/mol. The van der Waals surface area contributed by atoms with E-state index in [9.17, 15) is 9.90 Å². The van der Waals surface area contributed by atoms with Gasteiger partial charge in [0.1, 0.15) is 0 Å². The minimum Gasteiger partial charge on any atom is -0.392 e. The second-order valence-electron chi connectivity index (χ2n) is 11.5. The van der Waals surface area contributed by atoms with E-state index in [2.05, 4.69) is 97.8 Å². The van der Waals surface area contributed by atoms with E-state index in [-0.39, 0.29) is 36.7 Å². The number of hydrogen-bond donors (Lipinski definition) is 2. The third-order valence-corrected chi connectivity index (χ3v) is 8.57. The topological polar surface area (TPSA) is 71.0 Å². The van der Waals surface area contributed by atoms with Gasteiger partial charge in [0.05, 0.1) is 18.8 Å². The van der Waals surface area contributed by atoms with Gasteiger partial charge in [-0.25, -0.2) is 0 Å². The molecule has 1 aliphatic heterocycles. The lowest BCUT2D eigenvalue weighted by Gasteiger charge is -2.43. The highest BCUT2D eigenvalue weighted by Gasteiger charge is 2.39. The zero-order chi connectivity index (χ0) is 30.3. The SMILES string of the molecule is CC(=O)NCc1ccccc1-c1ccc([C@H]2O[C@@H](CN(C)[C@@H](C)c3ccccc3)[C@@H](C)[C@@H](c3ccc(CO)cc3)O2)cc1. The van der Waals surface area contributed by atoms with Gasteiger partial charge >= 0.3 is 0 Å². The Kier molecular flexibility index (Phi) is 10.1. The smallest absolute Gasteiger partial charge is 0.217 e. The van der Waals surface area contributed by atoms with E-state index >= 15 is 0 Å². The molecule has 5 atom stereocenters. The van der Waals surface area contributed by atoms with Crippen LogP contribution in [0, 0.1) is 5.92 Å². The molecule has 1 fully saturated rings. The Labute approximate surface area is 255 Å². The number of nitrogens with zero attached hydrogens (tertiary/aromatic N) is 1. The Morgan fingerprint density at radius 2 is 1.53 bits per heavy atom. The van der Waals surface area contributed by atoms with Crippen LogP contribution < -0.4 is 5.32 Å². The number of benzene rings is 4. The highest BCUT2D eigenvalue weighted by molar-refractivity contribution is 5.74. The van der Waals surface area contributed by atoms with E-state index in [1.165, 1.54) is 12.5 Å². The molecule has 0 saturated carbocycles. The average Bonchev–Trinajstić information content (AvgIpc) is 3.05. The number of carbonyl (C=O) groups is 1. The van der Waals surface area contributed by atoms with Crippen LogP contribution >= 0.6 is 0 Å². The molecule has 6 heteroatoms. The molecular weight excluding hydrogens is 536 g/mol. The number of ether oxygens (including phenoxy) is 2. The molecule has 0 aromatic heterocycles. The first-order valence-corrected chi connectivity index (χ1v) is 15.0. The Morgan fingerprint density at radius 1 is 0.884 bits per heavy atom. The number of hydrogen-bond acceptors (Lipinski definition) is 5. The molecule has 5 rings (SSSR count). The van der Waals surface area contributed by atoms with Gasteiger partial charge in [-0.3, -0.25) is 9.69 Å². The summed E-state index contributed by atoms with van der Waals surface area (Å²) in [5.41, 5.74) is 7.39. The monoisotopic (exact) mass is 578 g/mol. The lowest BCUT2D eigenvalue weighted by atomic mass is 9.89. The molecule has 0 aliphatic carbocycles. The Hall–Kier alpha value is -3.81. The third kappa shape index (κ3) is 7.40. The summed E-state index contributed by atoms with van der Waals surface area (Å²) in [6.07, 6.45) is -0.779. The van der Waals surface area contributed by atoms with Gasteiger partial charge in [-0.1, -0.05) is 110 Å². The predicted octanol–water partition coefficient (Wildman–Crippen LogP) is 6.97. The summed E-state index contributed by atoms with van der Waals surface area (Å²) in [4.78, 5) is 13.9. The number of carbonyl (C=O) groups excluding carboxylic acids is 1. The van der Waals surface area contributed by atoms with Gasteiger partial charge in [-0.05, 0) is 47.4 Å². The van der Waals surface area contributed by atoms with Crippen molar-refractivity contribution >= 4 is 5.91 Å². The Balaban J connectivity index is 1.40. The van der Waals surface area contributed by atoms with E-state index in [0.717, 1.165) is 39.9 Å². The van der Waals surface area contributed by atoms with Crippen LogP contribution in [0.25, 0.3) is 11.1 Å². The van der Waals surface area contributed by atoms with Crippen molar-refractivity contribution in [1.82, 2.24) is 10.2 Å². The Morgan fingerprint density at radius 3 is 2.21 bits per heavy atom. The maximum Gasteiger partial charge on any atom is 0.217 e. The van der Waals surface area contributed by atoms with Crippen molar-refractivity contribution in [2.24, 2.45) is 5.92 Å². The first-order chi connectivity index (χ1) is 20.8. The molecule has 1 saturated heterocycles. The number of aliphatic hydroxyl groups excluding tert-OH is 1. The Bertz CT molecular complexity index is 1470. The molecule has 0 radical (unpaired) electrons. The van der Waals surface area contributed by atoms with Crippen molar-refractivity contribution in [1.29, 1.82) is 0 Å². The minimum absolute atomic E-state index is 0.0121. The highest BCUT2D eigenvalue weighted by Crippen LogP contribution is 2.42. The standard InChI is InChI=1S/C37H42N2O4/c1-25-35(23-39(4)26(2)29-10-6-5-7-11-29)42-37(43-36(25)31-16-14-28(24-40)15-17-31)32-20-18-30(19-21-32)34-13-9-8-12-33(34)22-38-27(3)41/h5-21,25-26,35-37,40H,22-24H2,1-4H3,(H,38,41)/t25-,26+,35+,36+,37+/m1/s1. The fraction of sp³-hybridized carbons (Fsp3) is 0.324. The van der Waals surface area contributed by atoms with Crippen LogP contribution in [-0.2, 0) is 27.4 Å². The van der Waals surface area contributed by atoms with Gasteiger partial charge < -0.3 is 19.9 Å². The molecule has 1 aliphatic rings. The van der Waals surface area contributed by atoms with E-state index in [0.29, 0.717) is 6.54 Å². The fourth-order valence-electron chi connectivity index (χ4n) is 5.75. The van der Waals surface area contributed by atoms with Crippen LogP contribution in [0.1, 0.15) is 67.0 Å². The second kappa shape index (κ2) is 14.1. The molecule has 0 spiro atoms. The summed E-state index contributed by atoms with van der Waals surface area (Å²) in [6, 6.07) is 35.3. The first kappa shape index (κ1) is 30.6. The molecule has 224 valence electrons. The molecule has 0 bridgehead atoms. The highest BCUT2D eigenvalue weighted by atomic mass is 16.7. The van der Waals surface area contributed by atoms with E-state index in [4.69, 9.17) is 9.47 Å². The van der Waals surface area contributed by atoms with Crippen LogP contribution in [0.4, 0.5) is 0 Å². The quantitative estimate of drug-likeness (QED) is 0.213. The van der Waals surface area contributed by atoms with Crippen molar-refractivity contribution in [3.63, 3.8) is 0 Å². The van der Waals surface area contributed by atoms with Crippen molar-refractivity contribution in [2.45, 2.75) is 58.5 Å². The van der Waals surface area contributed by atoms with Gasteiger partial charge in [0.2, 0.25) is 5.91 Å². The number of nitrogens with one attached hydrogen (secondary N) is 1. The van der Waals surface area contributed by atoms with Crippen molar-refractivity contribution in [3.05, 3.63) is 131 Å². The van der Waals surface area contributed by atoms with Gasteiger partial charge in [0, 0.05) is 37.5 Å². The summed E-state index contributed by atoms with van der Waals surface area (Å²) in [6.45, 7) is 7.19. The molecule has 1 amide bonds. The average molecular weight is 579 g/mol. The molecule has 4 aromatic carbocycles. The van der Waals surface area contributed by atoms with Gasteiger partial charge in [-0.2, -0.15) is 0 Å². The van der Waals surface area contributed by atoms with E-state index in [1.807, 2.05) is 36.4 Å². The second-order valence-corrected chi connectivity index (χ2v) is 11.5. The van der Waals surface area contributed by atoms with Gasteiger partial charge in [0.15, 0.2) is 6.29 Å². The lowest BCUT2D eigenvalue weighted by molar-refractivity contribution is -0.276. The summed E-state index contributed by atoms with van der Waals surface area (Å²) >= 11 is 0. The molecule has 43 heavy (non-hydrogen) atoms. The molecular formula is C37H42N2O4. The molecule has 0 unspecified atom stereocenters. The summed E-state index contributed by atoms with van der Waals surface area (Å²) in [5.74, 6) is 0.0477. The molecule has 4 aromatic rings. The van der Waals surface area contributed by atoms with Crippen LogP contribution in [0.15, 0.2) is 103 Å². The summed E-state index contributed by atoms with van der Waals surface area (Å²) in [5, 5.41) is 12.5. The van der Waals surface area contributed by atoms with Crippen LogP contribution in [0.2, 0.25) is 0 Å². The molecule has 6 nitrogen and oxygen atoms in total. The zero-order valence-corrected chi connectivity index (χ0v) is 25.4. The number of likely N-dealkylation sites (N-methyl/N-ethyl adjacent to an activating group) is 1. The minimum atomic E-state index is -0.534. The van der Waals surface area contributed by atoms with E-state index in [1.54, 1.807) is 0 Å². The maximum atomic E-state index is 11.5. The third-order valence-electron chi connectivity index (χ3n) is 8.57. The van der Waals surface area contributed by atoms with Crippen molar-refractivity contribution in [3.8, 4) is 11.1 Å². The van der Waals surface area contributed by atoms with Gasteiger partial charge in [0.25, 0.3) is 0 Å². The molecule has 2 N–H and O–H groups in total. The summed E-state index contributed by atoms with van der Waals surface area (Å²) < 4.78 is 13.4. The van der Waals surface area contributed by atoms with Crippen LogP contribution in [0.3, 0.4) is 0 Å². The number of amides is 1. The van der Waals surface area contributed by atoms with Crippen LogP contribution in [0.5, 0.6) is 0 Å². The fourth-order valence-corrected chi connectivity index (χ4v) is 5.75. The first-order valence-electron chi connectivity index (χ1n) is 15.0. The van der Waals surface area contributed by atoms with Gasteiger partial charge in [-0.15, -0.1) is 0 Å². The van der Waals surface area contributed by atoms with Crippen LogP contribution in [-0.4, -0.2) is 35.6 Å². The molecule has 1 heterocycles. The normalized spacial score (nSPS) is 21.0. The summed E-state index contributed by atoms with van der Waals surface area (Å²) in [7, 11) is 2.15. The number of rotatable bonds is 10. The van der Waals surface area contributed by atoms with Crippen molar-refractivity contribution < 1.29 is 19.4 Å².